The van der Waals surface area contributed by atoms with Crippen LogP contribution in [0, 0.1) is 5.41 Å². The minimum atomic E-state index is 0.240. The Morgan fingerprint density at radius 1 is 1.56 bits per heavy atom. The predicted octanol–water partition coefficient (Wildman–Crippen LogP) is 1.25. The van der Waals surface area contributed by atoms with Crippen molar-refractivity contribution in [3.05, 3.63) is 12.7 Å². The molecule has 0 saturated carbocycles. The fourth-order valence-electron chi connectivity index (χ4n) is 2.79. The van der Waals surface area contributed by atoms with Crippen molar-refractivity contribution < 1.29 is 5.11 Å². The van der Waals surface area contributed by atoms with Crippen LogP contribution < -0.4 is 5.32 Å². The van der Waals surface area contributed by atoms with Gasteiger partial charge in [0.1, 0.15) is 0 Å². The predicted molar refractivity (Wildman–Crippen MR) is 68.6 cm³/mol. The second-order valence-corrected chi connectivity index (χ2v) is 4.92. The van der Waals surface area contributed by atoms with Gasteiger partial charge in [0.15, 0.2) is 0 Å². The SMILES string of the molecule is C=CCN(CCO)CC1(CCC)CCNC1. The van der Waals surface area contributed by atoms with Crippen molar-refractivity contribution in [3.63, 3.8) is 0 Å². The third-order valence-corrected chi connectivity index (χ3v) is 3.47. The number of rotatable bonds is 8. The van der Waals surface area contributed by atoms with Crippen molar-refractivity contribution in [2.75, 3.05) is 39.3 Å². The fraction of sp³-hybridized carbons (Fsp3) is 0.846. The highest BCUT2D eigenvalue weighted by Gasteiger charge is 2.34. The number of hydrogen-bond donors (Lipinski definition) is 2. The van der Waals surface area contributed by atoms with Crippen molar-refractivity contribution in [1.29, 1.82) is 0 Å². The molecular formula is C13H26N2O. The summed E-state index contributed by atoms with van der Waals surface area (Å²) in [4.78, 5) is 2.32. The van der Waals surface area contributed by atoms with Crippen LogP contribution in [0.25, 0.3) is 0 Å². The molecule has 1 fully saturated rings. The molecule has 0 bridgehead atoms. The average molecular weight is 226 g/mol. The molecule has 0 aromatic carbocycles. The van der Waals surface area contributed by atoms with Gasteiger partial charge >= 0.3 is 0 Å². The van der Waals surface area contributed by atoms with Crippen molar-refractivity contribution in [1.82, 2.24) is 10.2 Å². The molecule has 16 heavy (non-hydrogen) atoms. The number of nitrogens with one attached hydrogen (secondary N) is 1. The zero-order valence-electron chi connectivity index (χ0n) is 10.5. The summed E-state index contributed by atoms with van der Waals surface area (Å²) >= 11 is 0. The van der Waals surface area contributed by atoms with E-state index >= 15 is 0 Å². The van der Waals surface area contributed by atoms with E-state index < -0.39 is 0 Å². The Balaban J connectivity index is 2.53. The molecule has 3 nitrogen and oxygen atoms in total. The summed E-state index contributed by atoms with van der Waals surface area (Å²) in [6.45, 7) is 11.3. The van der Waals surface area contributed by atoms with E-state index in [1.807, 2.05) is 6.08 Å². The van der Waals surface area contributed by atoms with Gasteiger partial charge in [-0.25, -0.2) is 0 Å². The Kier molecular flexibility index (Phi) is 6.03. The van der Waals surface area contributed by atoms with Gasteiger partial charge in [0.05, 0.1) is 6.61 Å². The lowest BCUT2D eigenvalue weighted by Crippen LogP contribution is -2.40. The Bertz CT molecular complexity index is 200. The molecule has 0 aliphatic carbocycles. The number of nitrogens with zero attached hydrogens (tertiary/aromatic N) is 1. The van der Waals surface area contributed by atoms with Crippen molar-refractivity contribution in [3.8, 4) is 0 Å². The van der Waals surface area contributed by atoms with Gasteiger partial charge < -0.3 is 10.4 Å². The Labute approximate surface area is 99.5 Å². The molecule has 0 radical (unpaired) electrons. The van der Waals surface area contributed by atoms with Crippen LogP contribution in [-0.4, -0.2) is 49.3 Å². The Morgan fingerprint density at radius 2 is 2.38 bits per heavy atom. The zero-order valence-corrected chi connectivity index (χ0v) is 10.5. The number of aliphatic hydroxyl groups is 1. The van der Waals surface area contributed by atoms with E-state index in [1.165, 1.54) is 19.3 Å². The monoisotopic (exact) mass is 226 g/mol. The topological polar surface area (TPSA) is 35.5 Å². The largest absolute Gasteiger partial charge is 0.395 e. The second kappa shape index (κ2) is 7.05. The van der Waals surface area contributed by atoms with Gasteiger partial charge in [0, 0.05) is 26.2 Å². The molecule has 1 aliphatic heterocycles. The molecule has 0 aromatic heterocycles. The first-order chi connectivity index (χ1) is 7.76. The summed E-state index contributed by atoms with van der Waals surface area (Å²) in [6, 6.07) is 0. The summed E-state index contributed by atoms with van der Waals surface area (Å²) in [5, 5.41) is 12.5. The lowest BCUT2D eigenvalue weighted by Gasteiger charge is -2.34. The van der Waals surface area contributed by atoms with Crippen LogP contribution in [0.4, 0.5) is 0 Å². The van der Waals surface area contributed by atoms with Crippen LogP contribution in [0.3, 0.4) is 0 Å². The maximum Gasteiger partial charge on any atom is 0.0558 e. The molecule has 2 N–H and O–H groups in total. The quantitative estimate of drug-likeness (QED) is 0.611. The van der Waals surface area contributed by atoms with Gasteiger partial charge in [-0.15, -0.1) is 6.58 Å². The van der Waals surface area contributed by atoms with Crippen LogP contribution in [-0.2, 0) is 0 Å². The molecule has 1 saturated heterocycles. The third kappa shape index (κ3) is 3.89. The minimum Gasteiger partial charge on any atom is -0.395 e. The smallest absolute Gasteiger partial charge is 0.0558 e. The highest BCUT2D eigenvalue weighted by molar-refractivity contribution is 4.91. The van der Waals surface area contributed by atoms with Crippen molar-refractivity contribution in [2.45, 2.75) is 26.2 Å². The Hall–Kier alpha value is -0.380. The summed E-state index contributed by atoms with van der Waals surface area (Å²) < 4.78 is 0. The van der Waals surface area contributed by atoms with Crippen molar-refractivity contribution >= 4 is 0 Å². The van der Waals surface area contributed by atoms with Crippen LogP contribution in [0.1, 0.15) is 26.2 Å². The van der Waals surface area contributed by atoms with Gasteiger partial charge in [0.2, 0.25) is 0 Å². The molecule has 0 amide bonds. The lowest BCUT2D eigenvalue weighted by molar-refractivity contribution is 0.137. The minimum absolute atomic E-state index is 0.240. The highest BCUT2D eigenvalue weighted by atomic mass is 16.3. The first-order valence-corrected chi connectivity index (χ1v) is 6.41. The maximum absolute atomic E-state index is 9.06. The molecule has 94 valence electrons. The molecule has 0 spiro atoms. The van der Waals surface area contributed by atoms with Gasteiger partial charge in [-0.2, -0.15) is 0 Å². The molecule has 1 atom stereocenters. The molecule has 1 heterocycles. The standard InChI is InChI=1S/C13H26N2O/c1-3-5-13(6-7-14-11-13)12-15(8-4-2)9-10-16/h4,14,16H,2-3,5-12H2,1H3. The summed E-state index contributed by atoms with van der Waals surface area (Å²) in [5.74, 6) is 0. The van der Waals surface area contributed by atoms with E-state index in [9.17, 15) is 0 Å². The summed E-state index contributed by atoms with van der Waals surface area (Å²) in [7, 11) is 0. The fourth-order valence-corrected chi connectivity index (χ4v) is 2.79. The number of hydrogen-bond acceptors (Lipinski definition) is 3. The van der Waals surface area contributed by atoms with Crippen LogP contribution >= 0.6 is 0 Å². The average Bonchev–Trinajstić information content (AvgIpc) is 2.68. The van der Waals surface area contributed by atoms with Crippen LogP contribution in [0.5, 0.6) is 0 Å². The first-order valence-electron chi connectivity index (χ1n) is 6.41. The maximum atomic E-state index is 9.06. The zero-order chi connectivity index (χ0) is 11.9. The van der Waals surface area contributed by atoms with Crippen LogP contribution in [0.2, 0.25) is 0 Å². The van der Waals surface area contributed by atoms with Gasteiger partial charge in [-0.05, 0) is 24.8 Å². The lowest BCUT2D eigenvalue weighted by atomic mass is 9.82. The van der Waals surface area contributed by atoms with E-state index in [1.54, 1.807) is 0 Å². The molecule has 1 aliphatic rings. The first kappa shape index (κ1) is 13.7. The summed E-state index contributed by atoms with van der Waals surface area (Å²) in [5.41, 5.74) is 0.424. The van der Waals surface area contributed by atoms with Crippen molar-refractivity contribution in [2.24, 2.45) is 5.41 Å². The highest BCUT2D eigenvalue weighted by Crippen LogP contribution is 2.31. The van der Waals surface area contributed by atoms with Gasteiger partial charge in [-0.3, -0.25) is 4.90 Å². The van der Waals surface area contributed by atoms with Gasteiger partial charge in [0.25, 0.3) is 0 Å². The van der Waals surface area contributed by atoms with E-state index in [4.69, 9.17) is 5.11 Å². The Morgan fingerprint density at radius 3 is 2.88 bits per heavy atom. The normalized spacial score (nSPS) is 25.2. The third-order valence-electron chi connectivity index (χ3n) is 3.47. The van der Waals surface area contributed by atoms with E-state index in [-0.39, 0.29) is 6.61 Å². The number of aliphatic hydroxyl groups excluding tert-OH is 1. The van der Waals surface area contributed by atoms with Crippen LogP contribution in [0.15, 0.2) is 12.7 Å². The molecule has 1 unspecified atom stereocenters. The molecule has 0 aromatic rings. The molecule has 1 rings (SSSR count). The second-order valence-electron chi connectivity index (χ2n) is 4.92. The molecular weight excluding hydrogens is 200 g/mol. The van der Waals surface area contributed by atoms with E-state index in [2.05, 4.69) is 23.7 Å². The summed E-state index contributed by atoms with van der Waals surface area (Å²) in [6.07, 6.45) is 5.71. The van der Waals surface area contributed by atoms with E-state index in [0.717, 1.165) is 32.7 Å². The molecule has 3 heteroatoms. The van der Waals surface area contributed by atoms with Gasteiger partial charge in [-0.1, -0.05) is 19.4 Å². The van der Waals surface area contributed by atoms with E-state index in [0.29, 0.717) is 5.41 Å².